The molecule has 1 aliphatic carbocycles. The fourth-order valence-electron chi connectivity index (χ4n) is 4.41. The molecular weight excluding hydrogens is 382 g/mol. The zero-order chi connectivity index (χ0) is 21.8. The average Bonchev–Trinajstić information content (AvgIpc) is 2.96. The average molecular weight is 416 g/mol. The van der Waals surface area contributed by atoms with Crippen LogP contribution >= 0.6 is 0 Å². The molecule has 4 amide bonds. The summed E-state index contributed by atoms with van der Waals surface area (Å²) in [6.07, 6.45) is 4.17. The molecule has 0 radical (unpaired) electrons. The Morgan fingerprint density at radius 2 is 1.90 bits per heavy atom. The molecule has 2 aliphatic rings. The van der Waals surface area contributed by atoms with E-state index in [0.29, 0.717) is 31.9 Å². The van der Waals surface area contributed by atoms with E-state index in [9.17, 15) is 14.4 Å². The normalized spacial score (nSPS) is 24.1. The summed E-state index contributed by atoms with van der Waals surface area (Å²) in [6.45, 7) is 7.08. The molecule has 7 nitrogen and oxygen atoms in total. The first-order valence-corrected chi connectivity index (χ1v) is 10.9. The van der Waals surface area contributed by atoms with Gasteiger partial charge in [-0.2, -0.15) is 0 Å². The van der Waals surface area contributed by atoms with Crippen molar-refractivity contribution in [3.63, 3.8) is 0 Å². The van der Waals surface area contributed by atoms with Crippen molar-refractivity contribution in [1.29, 1.82) is 0 Å². The second kappa shape index (κ2) is 9.06. The van der Waals surface area contributed by atoms with Gasteiger partial charge in [-0.25, -0.2) is 4.79 Å². The number of urea groups is 1. The Kier molecular flexibility index (Phi) is 6.68. The fourth-order valence-corrected chi connectivity index (χ4v) is 4.41. The summed E-state index contributed by atoms with van der Waals surface area (Å²) in [5.74, 6) is 0.633. The molecule has 164 valence electrons. The standard InChI is InChI=1S/C23H33N3O4/c1-4-22(2,3)17-10-12-23(13-11-17)20(28)26(21(29)25-23)16-19(27)24-14-15-30-18-8-6-5-7-9-18/h5-9,17H,4,10-16H2,1-3H3,(H,24,27)(H,25,29). The molecule has 0 aromatic heterocycles. The SMILES string of the molecule is CCC(C)(C)C1CCC2(CC1)NC(=O)N(CC(=O)NCCOc1ccccc1)C2=O. The lowest BCUT2D eigenvalue weighted by Gasteiger charge is -2.42. The van der Waals surface area contributed by atoms with Crippen LogP contribution in [-0.4, -0.2) is 48.0 Å². The van der Waals surface area contributed by atoms with Crippen LogP contribution in [0, 0.1) is 11.3 Å². The van der Waals surface area contributed by atoms with E-state index in [1.54, 1.807) is 0 Å². The first-order valence-electron chi connectivity index (χ1n) is 10.9. The highest BCUT2D eigenvalue weighted by Crippen LogP contribution is 2.45. The molecule has 0 unspecified atom stereocenters. The van der Waals surface area contributed by atoms with E-state index in [2.05, 4.69) is 31.4 Å². The van der Waals surface area contributed by atoms with Gasteiger partial charge in [-0.15, -0.1) is 0 Å². The molecule has 7 heteroatoms. The summed E-state index contributed by atoms with van der Waals surface area (Å²) in [5, 5.41) is 5.59. The van der Waals surface area contributed by atoms with Crippen molar-refractivity contribution in [2.75, 3.05) is 19.7 Å². The highest BCUT2D eigenvalue weighted by molar-refractivity contribution is 6.09. The minimum atomic E-state index is -0.839. The fraction of sp³-hybridized carbons (Fsp3) is 0.609. The third-order valence-corrected chi connectivity index (χ3v) is 6.84. The van der Waals surface area contributed by atoms with Gasteiger partial charge in [-0.1, -0.05) is 45.4 Å². The Hall–Kier alpha value is -2.57. The van der Waals surface area contributed by atoms with E-state index < -0.39 is 11.6 Å². The number of ether oxygens (including phenoxy) is 1. The Labute approximate surface area is 178 Å². The van der Waals surface area contributed by atoms with E-state index in [1.165, 1.54) is 0 Å². The van der Waals surface area contributed by atoms with E-state index in [-0.39, 0.29) is 23.8 Å². The molecule has 1 aromatic carbocycles. The number of nitrogens with zero attached hydrogens (tertiary/aromatic N) is 1. The van der Waals surface area contributed by atoms with E-state index in [1.807, 2.05) is 30.3 Å². The molecule has 3 rings (SSSR count). The van der Waals surface area contributed by atoms with Gasteiger partial charge in [0, 0.05) is 0 Å². The molecule has 30 heavy (non-hydrogen) atoms. The Bertz CT molecular complexity index is 770. The maximum Gasteiger partial charge on any atom is 0.325 e. The highest BCUT2D eigenvalue weighted by atomic mass is 16.5. The summed E-state index contributed by atoms with van der Waals surface area (Å²) in [4.78, 5) is 38.7. The number of para-hydroxylation sites is 1. The van der Waals surface area contributed by atoms with Gasteiger partial charge in [0.15, 0.2) is 0 Å². The van der Waals surface area contributed by atoms with Gasteiger partial charge in [0.05, 0.1) is 6.54 Å². The molecular formula is C23H33N3O4. The molecule has 1 saturated carbocycles. The van der Waals surface area contributed by atoms with Crippen LogP contribution in [0.4, 0.5) is 4.79 Å². The summed E-state index contributed by atoms with van der Waals surface area (Å²) in [6, 6.07) is 8.85. The zero-order valence-corrected chi connectivity index (χ0v) is 18.2. The van der Waals surface area contributed by atoms with Gasteiger partial charge < -0.3 is 15.4 Å². The first kappa shape index (κ1) is 22.1. The summed E-state index contributed by atoms with van der Waals surface area (Å²) < 4.78 is 5.53. The van der Waals surface area contributed by atoms with Gasteiger partial charge in [-0.05, 0) is 49.1 Å². The molecule has 1 heterocycles. The zero-order valence-electron chi connectivity index (χ0n) is 18.2. The molecule has 1 aromatic rings. The number of carbonyl (C=O) groups excluding carboxylic acids is 3. The topological polar surface area (TPSA) is 87.7 Å². The maximum absolute atomic E-state index is 13.0. The third kappa shape index (κ3) is 4.77. The van der Waals surface area contributed by atoms with Crippen LogP contribution in [0.15, 0.2) is 30.3 Å². The first-order chi connectivity index (χ1) is 14.3. The summed E-state index contributed by atoms with van der Waals surface area (Å²) >= 11 is 0. The number of hydrogen-bond donors (Lipinski definition) is 2. The molecule has 1 saturated heterocycles. The lowest BCUT2D eigenvalue weighted by Crippen LogP contribution is -2.51. The monoisotopic (exact) mass is 415 g/mol. The van der Waals surface area contributed by atoms with Crippen LogP contribution in [-0.2, 0) is 9.59 Å². The maximum atomic E-state index is 13.0. The van der Waals surface area contributed by atoms with Crippen LogP contribution in [0.5, 0.6) is 5.75 Å². The number of nitrogens with one attached hydrogen (secondary N) is 2. The number of carbonyl (C=O) groups is 3. The molecule has 2 fully saturated rings. The van der Waals surface area contributed by atoms with Gasteiger partial charge in [0.1, 0.15) is 24.4 Å². The predicted molar refractivity (Wildman–Crippen MR) is 114 cm³/mol. The second-order valence-electron chi connectivity index (χ2n) is 9.03. The Morgan fingerprint density at radius 3 is 2.53 bits per heavy atom. The largest absolute Gasteiger partial charge is 0.492 e. The molecule has 0 atom stereocenters. The molecule has 1 aliphatic heterocycles. The van der Waals surface area contributed by atoms with Gasteiger partial charge in [-0.3, -0.25) is 14.5 Å². The smallest absolute Gasteiger partial charge is 0.325 e. The minimum absolute atomic E-state index is 0.231. The number of rotatable bonds is 8. The Balaban J connectivity index is 1.47. The highest BCUT2D eigenvalue weighted by Gasteiger charge is 2.53. The van der Waals surface area contributed by atoms with E-state index in [4.69, 9.17) is 4.74 Å². The van der Waals surface area contributed by atoms with Crippen molar-refractivity contribution in [3.8, 4) is 5.75 Å². The summed E-state index contributed by atoms with van der Waals surface area (Å²) in [5.41, 5.74) is -0.608. The Morgan fingerprint density at radius 1 is 1.23 bits per heavy atom. The second-order valence-corrected chi connectivity index (χ2v) is 9.03. The van der Waals surface area contributed by atoms with Gasteiger partial charge >= 0.3 is 6.03 Å². The van der Waals surface area contributed by atoms with Gasteiger partial charge in [0.25, 0.3) is 5.91 Å². The summed E-state index contributed by atoms with van der Waals surface area (Å²) in [7, 11) is 0. The number of amides is 4. The molecule has 1 spiro atoms. The van der Waals surface area contributed by atoms with Crippen LogP contribution < -0.4 is 15.4 Å². The lowest BCUT2D eigenvalue weighted by molar-refractivity contribution is -0.136. The van der Waals surface area contributed by atoms with Crippen molar-refractivity contribution in [2.45, 2.75) is 58.4 Å². The lowest BCUT2D eigenvalue weighted by atomic mass is 9.65. The van der Waals surface area contributed by atoms with E-state index >= 15 is 0 Å². The van der Waals surface area contributed by atoms with E-state index in [0.717, 1.165) is 29.9 Å². The molecule has 2 N–H and O–H groups in total. The van der Waals surface area contributed by atoms with Crippen LogP contribution in [0.3, 0.4) is 0 Å². The van der Waals surface area contributed by atoms with Crippen LogP contribution in [0.2, 0.25) is 0 Å². The van der Waals surface area contributed by atoms with Crippen molar-refractivity contribution < 1.29 is 19.1 Å². The van der Waals surface area contributed by atoms with Crippen LogP contribution in [0.25, 0.3) is 0 Å². The van der Waals surface area contributed by atoms with Crippen LogP contribution in [0.1, 0.15) is 52.9 Å². The third-order valence-electron chi connectivity index (χ3n) is 6.84. The van der Waals surface area contributed by atoms with Crippen molar-refractivity contribution in [1.82, 2.24) is 15.5 Å². The number of imide groups is 1. The van der Waals surface area contributed by atoms with Crippen molar-refractivity contribution in [3.05, 3.63) is 30.3 Å². The molecule has 0 bridgehead atoms. The number of benzene rings is 1. The van der Waals surface area contributed by atoms with Crippen molar-refractivity contribution >= 4 is 17.8 Å². The van der Waals surface area contributed by atoms with Crippen molar-refractivity contribution in [2.24, 2.45) is 11.3 Å². The minimum Gasteiger partial charge on any atom is -0.492 e. The van der Waals surface area contributed by atoms with Gasteiger partial charge in [0.2, 0.25) is 5.91 Å². The predicted octanol–water partition coefficient (Wildman–Crippen LogP) is 3.10. The number of hydrogen-bond acceptors (Lipinski definition) is 4. The quantitative estimate of drug-likeness (QED) is 0.504.